The van der Waals surface area contributed by atoms with Crippen LogP contribution in [0, 0.1) is 29.0 Å². The molecule has 0 N–H and O–H groups in total. The normalized spacial score (nSPS) is 20.2. The van der Waals surface area contributed by atoms with Crippen LogP contribution in [-0.2, 0) is 0 Å². The van der Waals surface area contributed by atoms with E-state index >= 15 is 0 Å². The number of hydrogen-bond acceptors (Lipinski definition) is 2. The van der Waals surface area contributed by atoms with Crippen LogP contribution in [0.15, 0.2) is 18.2 Å². The molecule has 25 heavy (non-hydrogen) atoms. The van der Waals surface area contributed by atoms with Crippen molar-refractivity contribution in [3.8, 4) is 11.8 Å². The van der Waals surface area contributed by atoms with Crippen molar-refractivity contribution in [3.05, 3.63) is 29.6 Å². The van der Waals surface area contributed by atoms with Crippen molar-refractivity contribution in [1.29, 1.82) is 5.26 Å². The molecule has 1 aliphatic rings. The number of nitrogens with zero attached hydrogens (tertiary/aromatic N) is 1. The fraction of sp³-hybridized carbons (Fsp3) is 0.682. The molecule has 1 aromatic carbocycles. The number of rotatable bonds is 10. The minimum atomic E-state index is -0.501. The Morgan fingerprint density at radius 3 is 2.44 bits per heavy atom. The Balaban J connectivity index is 1.70. The van der Waals surface area contributed by atoms with Gasteiger partial charge in [0.1, 0.15) is 17.6 Å². The van der Waals surface area contributed by atoms with Gasteiger partial charge in [-0.25, -0.2) is 4.39 Å². The Kier molecular flexibility index (Phi) is 8.80. The summed E-state index contributed by atoms with van der Waals surface area (Å²) in [5, 5.41) is 8.75. The zero-order chi connectivity index (χ0) is 17.9. The van der Waals surface area contributed by atoms with Crippen LogP contribution in [0.1, 0.15) is 83.1 Å². The summed E-state index contributed by atoms with van der Waals surface area (Å²) in [6.07, 6.45) is 14.6. The predicted molar refractivity (Wildman–Crippen MR) is 100 cm³/mol. The van der Waals surface area contributed by atoms with Crippen molar-refractivity contribution in [2.24, 2.45) is 11.8 Å². The third-order valence-electron chi connectivity index (χ3n) is 5.54. The molecule has 3 heteroatoms. The first-order valence-electron chi connectivity index (χ1n) is 10.1. The molecule has 2 nitrogen and oxygen atoms in total. The molecule has 1 fully saturated rings. The van der Waals surface area contributed by atoms with Gasteiger partial charge in [0, 0.05) is 6.07 Å². The number of unbranched alkanes of at least 4 members (excludes halogenated alkanes) is 3. The van der Waals surface area contributed by atoms with E-state index in [0.29, 0.717) is 12.4 Å². The van der Waals surface area contributed by atoms with Gasteiger partial charge in [-0.2, -0.15) is 5.26 Å². The quantitative estimate of drug-likeness (QED) is 0.446. The summed E-state index contributed by atoms with van der Waals surface area (Å²) in [5.41, 5.74) is 0.0699. The molecule has 2 atom stereocenters. The van der Waals surface area contributed by atoms with Crippen LogP contribution < -0.4 is 4.74 Å². The van der Waals surface area contributed by atoms with Crippen LogP contribution in [0.2, 0.25) is 0 Å². The maximum Gasteiger partial charge on any atom is 0.144 e. The van der Waals surface area contributed by atoms with E-state index in [-0.39, 0.29) is 5.56 Å². The van der Waals surface area contributed by atoms with Gasteiger partial charge in [0.05, 0.1) is 12.2 Å². The smallest absolute Gasteiger partial charge is 0.144 e. The third kappa shape index (κ3) is 6.69. The first kappa shape index (κ1) is 19.8. The molecule has 0 heterocycles. The lowest BCUT2D eigenvalue weighted by molar-refractivity contribution is 0.190. The first-order chi connectivity index (χ1) is 12.2. The summed E-state index contributed by atoms with van der Waals surface area (Å²) in [5.74, 6) is 1.77. The van der Waals surface area contributed by atoms with E-state index < -0.39 is 5.82 Å². The van der Waals surface area contributed by atoms with Gasteiger partial charge in [-0.1, -0.05) is 64.7 Å². The summed E-state index contributed by atoms with van der Waals surface area (Å²) >= 11 is 0. The van der Waals surface area contributed by atoms with Crippen LogP contribution in [0.25, 0.3) is 0 Å². The molecule has 1 aliphatic carbocycles. The van der Waals surface area contributed by atoms with E-state index in [4.69, 9.17) is 10.00 Å². The molecule has 0 bridgehead atoms. The first-order valence-corrected chi connectivity index (χ1v) is 10.1. The Hall–Kier alpha value is -1.56. The van der Waals surface area contributed by atoms with E-state index in [1.807, 2.05) is 6.07 Å². The van der Waals surface area contributed by atoms with E-state index in [0.717, 1.165) is 18.3 Å². The Bertz CT molecular complexity index is 551. The highest BCUT2D eigenvalue weighted by Crippen LogP contribution is 2.36. The minimum Gasteiger partial charge on any atom is -0.493 e. The van der Waals surface area contributed by atoms with Crippen LogP contribution in [-0.4, -0.2) is 6.61 Å². The molecule has 0 saturated heterocycles. The zero-order valence-electron chi connectivity index (χ0n) is 15.6. The molecule has 0 amide bonds. The average molecular weight is 346 g/mol. The zero-order valence-corrected chi connectivity index (χ0v) is 15.6. The van der Waals surface area contributed by atoms with E-state index in [9.17, 15) is 4.39 Å². The second-order valence-electron chi connectivity index (χ2n) is 7.40. The van der Waals surface area contributed by atoms with Gasteiger partial charge >= 0.3 is 0 Å². The molecule has 0 aromatic heterocycles. The van der Waals surface area contributed by atoms with Crippen molar-refractivity contribution >= 4 is 0 Å². The molecule has 1 saturated carbocycles. The summed E-state index contributed by atoms with van der Waals surface area (Å²) in [4.78, 5) is 0. The summed E-state index contributed by atoms with van der Waals surface area (Å²) < 4.78 is 19.2. The highest BCUT2D eigenvalue weighted by atomic mass is 19.1. The Morgan fingerprint density at radius 2 is 1.80 bits per heavy atom. The van der Waals surface area contributed by atoms with Crippen molar-refractivity contribution in [2.75, 3.05) is 6.61 Å². The van der Waals surface area contributed by atoms with Gasteiger partial charge in [0.25, 0.3) is 0 Å². The fourth-order valence-electron chi connectivity index (χ4n) is 4.09. The summed E-state index contributed by atoms with van der Waals surface area (Å²) in [7, 11) is 0. The highest BCUT2D eigenvalue weighted by Gasteiger charge is 2.24. The summed E-state index contributed by atoms with van der Waals surface area (Å²) in [6.45, 7) is 2.90. The van der Waals surface area contributed by atoms with E-state index in [1.54, 1.807) is 6.07 Å². The predicted octanol–water partition coefficient (Wildman–Crippen LogP) is 6.63. The van der Waals surface area contributed by atoms with Crippen molar-refractivity contribution in [1.82, 2.24) is 0 Å². The second-order valence-corrected chi connectivity index (χ2v) is 7.40. The van der Waals surface area contributed by atoms with Gasteiger partial charge in [-0.3, -0.25) is 0 Å². The highest BCUT2D eigenvalue weighted by molar-refractivity contribution is 5.36. The number of hydrogen-bond donors (Lipinski definition) is 0. The van der Waals surface area contributed by atoms with Crippen LogP contribution in [0.3, 0.4) is 0 Å². The minimum absolute atomic E-state index is 0.0699. The third-order valence-corrected chi connectivity index (χ3v) is 5.54. The maximum absolute atomic E-state index is 13.6. The Morgan fingerprint density at radius 1 is 1.08 bits per heavy atom. The van der Waals surface area contributed by atoms with Gasteiger partial charge in [-0.05, 0) is 36.8 Å². The molecule has 1 aromatic rings. The van der Waals surface area contributed by atoms with Crippen LogP contribution in [0.5, 0.6) is 5.75 Å². The van der Waals surface area contributed by atoms with Crippen molar-refractivity contribution < 1.29 is 9.13 Å². The standard InChI is InChI=1S/C22H32FNO/c1-2-3-4-5-9-18-10-6-7-11-19(18)12-8-15-25-21-14-13-20(17-24)22(23)16-21/h13-14,16,18-19H,2-12,15H2,1H3. The van der Waals surface area contributed by atoms with Gasteiger partial charge in [0.2, 0.25) is 0 Å². The molecule has 0 aliphatic heterocycles. The molecular formula is C22H32FNO. The molecule has 138 valence electrons. The molecule has 0 radical (unpaired) electrons. The van der Waals surface area contributed by atoms with Crippen molar-refractivity contribution in [2.45, 2.75) is 77.6 Å². The topological polar surface area (TPSA) is 33.0 Å². The number of ether oxygens (including phenoxy) is 1. The van der Waals surface area contributed by atoms with Crippen LogP contribution >= 0.6 is 0 Å². The largest absolute Gasteiger partial charge is 0.493 e. The van der Waals surface area contributed by atoms with Gasteiger partial charge in [0.15, 0.2) is 0 Å². The lowest BCUT2D eigenvalue weighted by atomic mass is 9.74. The maximum atomic E-state index is 13.6. The number of benzene rings is 1. The SMILES string of the molecule is CCCCCCC1CCCCC1CCCOc1ccc(C#N)c(F)c1. The lowest BCUT2D eigenvalue weighted by Crippen LogP contribution is -2.20. The van der Waals surface area contributed by atoms with E-state index in [2.05, 4.69) is 6.92 Å². The summed E-state index contributed by atoms with van der Waals surface area (Å²) in [6, 6.07) is 6.31. The molecule has 2 unspecified atom stereocenters. The molecular weight excluding hydrogens is 313 g/mol. The monoisotopic (exact) mass is 345 g/mol. The molecule has 0 spiro atoms. The van der Waals surface area contributed by atoms with E-state index in [1.165, 1.54) is 76.3 Å². The average Bonchev–Trinajstić information content (AvgIpc) is 2.63. The van der Waals surface area contributed by atoms with Crippen molar-refractivity contribution in [3.63, 3.8) is 0 Å². The van der Waals surface area contributed by atoms with Gasteiger partial charge < -0.3 is 4.74 Å². The second kappa shape index (κ2) is 11.1. The van der Waals surface area contributed by atoms with Gasteiger partial charge in [-0.15, -0.1) is 0 Å². The molecule has 2 rings (SSSR count). The van der Waals surface area contributed by atoms with Crippen LogP contribution in [0.4, 0.5) is 4.39 Å². The lowest BCUT2D eigenvalue weighted by Gasteiger charge is -2.31. The number of nitriles is 1. The number of halogens is 1. The fourth-order valence-corrected chi connectivity index (χ4v) is 4.09. The Labute approximate surface area is 152 Å².